The number of carboxylic acid groups (broad SMARTS) is 2. The third-order valence-electron chi connectivity index (χ3n) is 1.71. The molecule has 0 saturated carbocycles. The number of aliphatic carboxylic acids is 2. The molecule has 0 aromatic carbocycles. The number of hydrogen-bond acceptors (Lipinski definition) is 3. The number of nitrogens with zero attached hydrogens (tertiary/aromatic N) is 1. The van der Waals surface area contributed by atoms with Crippen LogP contribution in [0.4, 0.5) is 0 Å². The van der Waals surface area contributed by atoms with E-state index in [4.69, 9.17) is 10.2 Å². The molecule has 0 spiro atoms. The molecule has 2 N–H and O–H groups in total. The Bertz CT molecular complexity index is 193. The zero-order valence-corrected chi connectivity index (χ0v) is 9.43. The molecule has 0 aliphatic heterocycles. The van der Waals surface area contributed by atoms with Gasteiger partial charge in [0.15, 0.2) is 0 Å². The van der Waals surface area contributed by atoms with E-state index in [1.165, 1.54) is 19.6 Å². The van der Waals surface area contributed by atoms with Crippen LogP contribution in [0.25, 0.3) is 0 Å². The summed E-state index contributed by atoms with van der Waals surface area (Å²) >= 11 is 0. The monoisotopic (exact) mass is 257 g/mol. The average Bonchev–Trinajstić information content (AvgIpc) is 2.18. The Hall–Kier alpha value is 0.276. The van der Waals surface area contributed by atoms with Crippen molar-refractivity contribution in [1.29, 1.82) is 0 Å². The second-order valence-electron chi connectivity index (χ2n) is 2.63. The summed E-state index contributed by atoms with van der Waals surface area (Å²) in [5.41, 5.74) is 0. The summed E-state index contributed by atoms with van der Waals surface area (Å²) in [7, 11) is 0. The Morgan fingerprint density at radius 1 is 0.938 bits per heavy atom. The molecule has 0 fully saturated rings. The minimum atomic E-state index is -1.26. The van der Waals surface area contributed by atoms with Gasteiger partial charge in [0.2, 0.25) is 0 Å². The molecule has 6 heteroatoms. The Morgan fingerprint density at radius 2 is 1.19 bits per heavy atom. The fourth-order valence-corrected chi connectivity index (χ4v) is 0.813. The van der Waals surface area contributed by atoms with E-state index in [2.05, 4.69) is 25.7 Å². The van der Waals surface area contributed by atoms with E-state index in [-0.39, 0.29) is 51.4 Å². The van der Waals surface area contributed by atoms with Gasteiger partial charge in [0.05, 0.1) is 0 Å². The normalized spacial score (nSPS) is 9.25. The fraction of sp³-hybridized carbons (Fsp3) is 0.600. The first-order chi connectivity index (χ1) is 6.97. The van der Waals surface area contributed by atoms with Crippen LogP contribution in [-0.2, 0) is 9.59 Å². The number of carbonyl (C=O) groups is 2. The molecule has 0 heterocycles. The summed E-state index contributed by atoms with van der Waals surface area (Å²) in [6.07, 6.45) is 1.12. The molecule has 0 unspecified atom stereocenters. The molecule has 90 valence electrons. The summed E-state index contributed by atoms with van der Waals surface area (Å²) in [6.45, 7) is 10.1. The van der Waals surface area contributed by atoms with Crippen LogP contribution in [0, 0.1) is 0 Å². The second-order valence-corrected chi connectivity index (χ2v) is 2.63. The Balaban J connectivity index is -0.000000200. The zero-order valence-electron chi connectivity index (χ0n) is 9.43. The van der Waals surface area contributed by atoms with E-state index in [0.29, 0.717) is 12.2 Å². The van der Waals surface area contributed by atoms with Crippen molar-refractivity contribution in [1.82, 2.24) is 4.90 Å². The van der Waals surface area contributed by atoms with Crippen molar-refractivity contribution >= 4 is 63.3 Å². The van der Waals surface area contributed by atoms with E-state index in [0.717, 1.165) is 0 Å². The van der Waals surface area contributed by atoms with Crippen LogP contribution in [0.1, 0.15) is 20.8 Å². The van der Waals surface area contributed by atoms with Gasteiger partial charge in [0.1, 0.15) is 0 Å². The molecular formula is C10H20KNO4. The van der Waals surface area contributed by atoms with Crippen molar-refractivity contribution in [2.75, 3.05) is 19.6 Å². The summed E-state index contributed by atoms with van der Waals surface area (Å²) in [5, 5.41) is 15.6. The second kappa shape index (κ2) is 15.3. The van der Waals surface area contributed by atoms with Gasteiger partial charge in [0, 0.05) is 12.2 Å². The van der Waals surface area contributed by atoms with Crippen molar-refractivity contribution in [3.05, 3.63) is 12.2 Å². The first-order valence-corrected chi connectivity index (χ1v) is 4.84. The van der Waals surface area contributed by atoms with Gasteiger partial charge in [-0.25, -0.2) is 9.59 Å². The van der Waals surface area contributed by atoms with Gasteiger partial charge in [-0.15, -0.1) is 0 Å². The van der Waals surface area contributed by atoms with Crippen LogP contribution in [-0.4, -0.2) is 98.1 Å². The molecule has 5 nitrogen and oxygen atoms in total. The quantitative estimate of drug-likeness (QED) is 0.551. The van der Waals surface area contributed by atoms with Crippen molar-refractivity contribution in [2.45, 2.75) is 20.8 Å². The standard InChI is InChI=1S/C6H15N.C4H4O4.K.H/c1-4-7(5-2)6-3;5-3(6)1-2-4(7)8;;/h4-6H2,1-3H3;1-2H,(H,5,6)(H,7,8);;/b;2-1+;;. The van der Waals surface area contributed by atoms with Gasteiger partial charge in [-0.05, 0) is 19.6 Å². The molecule has 0 atom stereocenters. The molecule has 0 aliphatic carbocycles. The van der Waals surface area contributed by atoms with Crippen molar-refractivity contribution < 1.29 is 19.8 Å². The Kier molecular flexibility index (Phi) is 20.6. The molecule has 0 bridgehead atoms. The average molecular weight is 257 g/mol. The summed E-state index contributed by atoms with van der Waals surface area (Å²) < 4.78 is 0. The van der Waals surface area contributed by atoms with Gasteiger partial charge in [-0.1, -0.05) is 20.8 Å². The van der Waals surface area contributed by atoms with Crippen LogP contribution in [0.2, 0.25) is 0 Å². The first kappa shape index (κ1) is 21.5. The summed E-state index contributed by atoms with van der Waals surface area (Å²) in [5.74, 6) is -2.51. The molecule has 0 rings (SSSR count). The molecule has 16 heavy (non-hydrogen) atoms. The number of hydrogen-bond donors (Lipinski definition) is 2. The maximum atomic E-state index is 9.55. The van der Waals surface area contributed by atoms with Gasteiger partial charge >= 0.3 is 63.3 Å². The molecule has 0 aromatic rings. The molecule has 0 aliphatic rings. The molecule has 0 radical (unpaired) electrons. The zero-order chi connectivity index (χ0) is 12.3. The van der Waals surface area contributed by atoms with Crippen LogP contribution in [0.15, 0.2) is 12.2 Å². The van der Waals surface area contributed by atoms with E-state index < -0.39 is 11.9 Å². The Morgan fingerprint density at radius 3 is 1.25 bits per heavy atom. The third-order valence-corrected chi connectivity index (χ3v) is 1.71. The molecule has 0 amide bonds. The Labute approximate surface area is 139 Å². The van der Waals surface area contributed by atoms with Crippen molar-refractivity contribution in [3.8, 4) is 0 Å². The molecule has 0 aromatic heterocycles. The first-order valence-electron chi connectivity index (χ1n) is 4.84. The molecule has 0 saturated heterocycles. The van der Waals surface area contributed by atoms with E-state index >= 15 is 0 Å². The van der Waals surface area contributed by atoms with Crippen molar-refractivity contribution in [3.63, 3.8) is 0 Å². The van der Waals surface area contributed by atoms with E-state index in [9.17, 15) is 9.59 Å². The fourth-order valence-electron chi connectivity index (χ4n) is 0.813. The maximum absolute atomic E-state index is 9.55. The van der Waals surface area contributed by atoms with E-state index in [1.807, 2.05) is 0 Å². The van der Waals surface area contributed by atoms with Crippen LogP contribution in [0.3, 0.4) is 0 Å². The van der Waals surface area contributed by atoms with Crippen LogP contribution in [0.5, 0.6) is 0 Å². The predicted molar refractivity (Wildman–Crippen MR) is 65.0 cm³/mol. The van der Waals surface area contributed by atoms with Gasteiger partial charge < -0.3 is 15.1 Å². The van der Waals surface area contributed by atoms with Gasteiger partial charge in [-0.2, -0.15) is 0 Å². The molecular weight excluding hydrogens is 237 g/mol. The van der Waals surface area contributed by atoms with Crippen LogP contribution >= 0.6 is 0 Å². The predicted octanol–water partition coefficient (Wildman–Crippen LogP) is 0.411. The van der Waals surface area contributed by atoms with Crippen LogP contribution < -0.4 is 0 Å². The SMILES string of the molecule is CCN(CC)CC.O=C(O)/C=C/C(=O)O.[KH]. The van der Waals surface area contributed by atoms with Gasteiger partial charge in [-0.3, -0.25) is 0 Å². The number of rotatable bonds is 5. The topological polar surface area (TPSA) is 77.8 Å². The van der Waals surface area contributed by atoms with Gasteiger partial charge in [0.25, 0.3) is 0 Å². The minimum absolute atomic E-state index is 0. The van der Waals surface area contributed by atoms with E-state index in [1.54, 1.807) is 0 Å². The van der Waals surface area contributed by atoms with Crippen molar-refractivity contribution in [2.24, 2.45) is 0 Å². The summed E-state index contributed by atoms with van der Waals surface area (Å²) in [4.78, 5) is 21.5. The number of carboxylic acids is 2. The third kappa shape index (κ3) is 19.8. The summed E-state index contributed by atoms with van der Waals surface area (Å²) in [6, 6.07) is 0.